The standard InChI is InChI=1S/C22H22O13/c1-32-20-10(26)5-11-13(15(20)28)16(29)21(19(33-11)8-3-2-7(24)4-9(8)25)35-22-18(31)17(30)14(27)12(6-23)34-22/h2-5,12,14,17-18,22-28,30-31H,6H2,1H3. The highest BCUT2D eigenvalue weighted by atomic mass is 16.7. The highest BCUT2D eigenvalue weighted by Gasteiger charge is 2.45. The summed E-state index contributed by atoms with van der Waals surface area (Å²) in [5, 5.41) is 80.0. The maximum Gasteiger partial charge on any atom is 0.239 e. The lowest BCUT2D eigenvalue weighted by atomic mass is 9.99. The van der Waals surface area contributed by atoms with Crippen LogP contribution in [0.4, 0.5) is 0 Å². The van der Waals surface area contributed by atoms with Crippen LogP contribution in [0, 0.1) is 0 Å². The number of benzene rings is 2. The highest BCUT2D eigenvalue weighted by molar-refractivity contribution is 5.91. The molecule has 5 atom stereocenters. The number of aromatic hydroxyl groups is 4. The molecule has 0 spiro atoms. The highest BCUT2D eigenvalue weighted by Crippen LogP contribution is 2.45. The third-order valence-corrected chi connectivity index (χ3v) is 5.56. The minimum Gasteiger partial charge on any atom is -0.508 e. The molecule has 2 heterocycles. The molecule has 0 aliphatic carbocycles. The zero-order valence-corrected chi connectivity index (χ0v) is 18.0. The Kier molecular flexibility index (Phi) is 6.36. The van der Waals surface area contributed by atoms with Crippen LogP contribution in [-0.2, 0) is 4.74 Å². The Bertz CT molecular complexity index is 1320. The van der Waals surface area contributed by atoms with Crippen LogP contribution in [0.1, 0.15) is 0 Å². The van der Waals surface area contributed by atoms with Crippen LogP contribution < -0.4 is 14.9 Å². The summed E-state index contributed by atoms with van der Waals surface area (Å²) in [6.07, 6.45) is -8.59. The average molecular weight is 494 g/mol. The summed E-state index contributed by atoms with van der Waals surface area (Å²) in [6, 6.07) is 4.27. The minimum atomic E-state index is -1.90. The van der Waals surface area contributed by atoms with Crippen molar-refractivity contribution in [1.82, 2.24) is 0 Å². The van der Waals surface area contributed by atoms with Gasteiger partial charge in [-0.2, -0.15) is 0 Å². The summed E-state index contributed by atoms with van der Waals surface area (Å²) in [6.45, 7) is -0.764. The van der Waals surface area contributed by atoms with E-state index in [-0.39, 0.29) is 16.9 Å². The van der Waals surface area contributed by atoms with E-state index in [1.54, 1.807) is 0 Å². The number of aliphatic hydroxyl groups is 4. The van der Waals surface area contributed by atoms with E-state index in [1.807, 2.05) is 0 Å². The van der Waals surface area contributed by atoms with Crippen molar-refractivity contribution < 1.29 is 59.5 Å². The molecule has 1 saturated heterocycles. The lowest BCUT2D eigenvalue weighted by Crippen LogP contribution is -2.60. The van der Waals surface area contributed by atoms with Gasteiger partial charge in [0.25, 0.3) is 0 Å². The summed E-state index contributed by atoms with van der Waals surface area (Å²) >= 11 is 0. The van der Waals surface area contributed by atoms with Gasteiger partial charge in [0.15, 0.2) is 17.3 Å². The Hall–Kier alpha value is -3.75. The number of hydrogen-bond donors (Lipinski definition) is 8. The van der Waals surface area contributed by atoms with Crippen LogP contribution in [-0.4, -0.2) is 85.3 Å². The first kappa shape index (κ1) is 24.4. The maximum absolute atomic E-state index is 13.5. The van der Waals surface area contributed by atoms with Gasteiger partial charge in [-0.25, -0.2) is 0 Å². The van der Waals surface area contributed by atoms with Gasteiger partial charge in [-0.3, -0.25) is 4.79 Å². The summed E-state index contributed by atoms with van der Waals surface area (Å²) < 4.78 is 21.4. The normalized spacial score (nSPS) is 24.4. The predicted octanol–water partition coefficient (Wildman–Crippen LogP) is -0.530. The number of methoxy groups -OCH3 is 1. The molecule has 8 N–H and O–H groups in total. The fourth-order valence-corrected chi connectivity index (χ4v) is 3.76. The monoisotopic (exact) mass is 494 g/mol. The second-order valence-electron chi connectivity index (χ2n) is 7.76. The summed E-state index contributed by atoms with van der Waals surface area (Å²) in [7, 11) is 1.14. The quantitative estimate of drug-likeness (QED) is 0.224. The van der Waals surface area contributed by atoms with Crippen LogP contribution in [0.3, 0.4) is 0 Å². The molecule has 1 fully saturated rings. The second kappa shape index (κ2) is 9.13. The van der Waals surface area contributed by atoms with Gasteiger partial charge in [-0.1, -0.05) is 0 Å². The van der Waals surface area contributed by atoms with Gasteiger partial charge in [0.05, 0.1) is 19.3 Å². The Morgan fingerprint density at radius 1 is 0.943 bits per heavy atom. The van der Waals surface area contributed by atoms with Crippen LogP contribution in [0.5, 0.6) is 34.5 Å². The zero-order valence-electron chi connectivity index (χ0n) is 18.0. The molecular formula is C22H22O13. The van der Waals surface area contributed by atoms with Crippen LogP contribution in [0.2, 0.25) is 0 Å². The molecule has 13 nitrogen and oxygen atoms in total. The summed E-state index contributed by atoms with van der Waals surface area (Å²) in [5.41, 5.74) is -1.56. The fraction of sp³-hybridized carbons (Fsp3) is 0.318. The Balaban J connectivity index is 1.96. The van der Waals surface area contributed by atoms with Crippen molar-refractivity contribution in [2.24, 2.45) is 0 Å². The fourth-order valence-electron chi connectivity index (χ4n) is 3.76. The lowest BCUT2D eigenvalue weighted by molar-refractivity contribution is -0.277. The second-order valence-corrected chi connectivity index (χ2v) is 7.76. The third-order valence-electron chi connectivity index (χ3n) is 5.56. The molecule has 1 aliphatic heterocycles. The van der Waals surface area contributed by atoms with E-state index >= 15 is 0 Å². The summed E-state index contributed by atoms with van der Waals surface area (Å²) in [4.78, 5) is 13.5. The summed E-state index contributed by atoms with van der Waals surface area (Å²) in [5.74, 6) is -3.84. The number of rotatable bonds is 5. The van der Waals surface area contributed by atoms with E-state index in [0.717, 1.165) is 19.2 Å². The number of ether oxygens (including phenoxy) is 3. The number of phenols is 4. The first-order chi connectivity index (χ1) is 16.6. The van der Waals surface area contributed by atoms with Gasteiger partial charge in [0.1, 0.15) is 46.9 Å². The van der Waals surface area contributed by atoms with Crippen molar-refractivity contribution in [3.05, 3.63) is 34.5 Å². The smallest absolute Gasteiger partial charge is 0.239 e. The van der Waals surface area contributed by atoms with Crippen molar-refractivity contribution in [3.8, 4) is 45.8 Å². The van der Waals surface area contributed by atoms with Gasteiger partial charge in [-0.15, -0.1) is 0 Å². The van der Waals surface area contributed by atoms with Gasteiger partial charge < -0.3 is 59.5 Å². The Morgan fingerprint density at radius 2 is 1.66 bits per heavy atom. The van der Waals surface area contributed by atoms with Crippen LogP contribution >= 0.6 is 0 Å². The topological polar surface area (TPSA) is 220 Å². The van der Waals surface area contributed by atoms with Crippen LogP contribution in [0.15, 0.2) is 33.5 Å². The van der Waals surface area contributed by atoms with Crippen molar-refractivity contribution in [2.75, 3.05) is 13.7 Å². The first-order valence-electron chi connectivity index (χ1n) is 10.2. The van der Waals surface area contributed by atoms with Crippen LogP contribution in [0.25, 0.3) is 22.3 Å². The number of hydrogen-bond acceptors (Lipinski definition) is 13. The minimum absolute atomic E-state index is 0.170. The number of phenolic OH excluding ortho intramolecular Hbond substituents is 4. The maximum atomic E-state index is 13.5. The molecule has 4 rings (SSSR count). The van der Waals surface area contributed by atoms with Gasteiger partial charge in [-0.05, 0) is 12.1 Å². The Morgan fingerprint density at radius 3 is 2.29 bits per heavy atom. The molecule has 0 saturated carbocycles. The zero-order chi connectivity index (χ0) is 25.6. The van der Waals surface area contributed by atoms with Crippen molar-refractivity contribution in [1.29, 1.82) is 0 Å². The molecule has 1 aromatic heterocycles. The largest absolute Gasteiger partial charge is 0.508 e. The van der Waals surface area contributed by atoms with E-state index < -0.39 is 82.6 Å². The van der Waals surface area contributed by atoms with Gasteiger partial charge >= 0.3 is 0 Å². The molecule has 1 aliphatic rings. The van der Waals surface area contributed by atoms with Gasteiger partial charge in [0, 0.05) is 12.1 Å². The molecule has 13 heteroatoms. The molecule has 5 unspecified atom stereocenters. The SMILES string of the molecule is COc1c(O)cc2oc(-c3ccc(O)cc3O)c(OC3OC(CO)C(O)C(O)C3O)c(=O)c2c1O. The van der Waals surface area contributed by atoms with E-state index in [1.165, 1.54) is 12.1 Å². The lowest BCUT2D eigenvalue weighted by Gasteiger charge is -2.39. The van der Waals surface area contributed by atoms with E-state index in [4.69, 9.17) is 18.6 Å². The van der Waals surface area contributed by atoms with E-state index in [2.05, 4.69) is 0 Å². The van der Waals surface area contributed by atoms with Crippen molar-refractivity contribution in [2.45, 2.75) is 30.7 Å². The van der Waals surface area contributed by atoms with E-state index in [9.17, 15) is 45.6 Å². The predicted molar refractivity (Wildman–Crippen MR) is 116 cm³/mol. The number of fused-ring (bicyclic) bond motifs is 1. The average Bonchev–Trinajstić information content (AvgIpc) is 2.81. The molecule has 3 aromatic rings. The van der Waals surface area contributed by atoms with Gasteiger partial charge in [0.2, 0.25) is 23.2 Å². The molecule has 0 radical (unpaired) electrons. The molecular weight excluding hydrogens is 472 g/mol. The molecule has 0 amide bonds. The third kappa shape index (κ3) is 4.05. The molecule has 188 valence electrons. The van der Waals surface area contributed by atoms with Crippen molar-refractivity contribution >= 4 is 11.0 Å². The number of aliphatic hydroxyl groups excluding tert-OH is 4. The van der Waals surface area contributed by atoms with Crippen molar-refractivity contribution in [3.63, 3.8) is 0 Å². The Labute approximate surface area is 195 Å². The molecule has 35 heavy (non-hydrogen) atoms. The molecule has 2 aromatic carbocycles. The first-order valence-corrected chi connectivity index (χ1v) is 10.2. The molecule has 0 bridgehead atoms. The van der Waals surface area contributed by atoms with E-state index in [0.29, 0.717) is 0 Å².